The van der Waals surface area contributed by atoms with Crippen LogP contribution in [0.4, 0.5) is 0 Å². The van der Waals surface area contributed by atoms with Crippen LogP contribution in [0.3, 0.4) is 0 Å². The number of amidine groups is 1. The number of fused-ring (bicyclic) bond motifs is 1. The Morgan fingerprint density at radius 1 is 0.846 bits per heavy atom. The number of rotatable bonds is 5. The van der Waals surface area contributed by atoms with Crippen LogP contribution in [0.1, 0.15) is 50.5 Å². The Bertz CT molecular complexity index is 1590. The third-order valence-electron chi connectivity index (χ3n) is 8.62. The zero-order valence-electron chi connectivity index (χ0n) is 21.9. The normalized spacial score (nSPS) is 23.2. The van der Waals surface area contributed by atoms with Gasteiger partial charge in [0, 0.05) is 43.3 Å². The zero-order chi connectivity index (χ0) is 26.6. The van der Waals surface area contributed by atoms with Crippen molar-refractivity contribution in [1.82, 2.24) is 13.5 Å². The fraction of sp³-hybridized carbons (Fsp3) is 0.400. The molecule has 2 saturated heterocycles. The van der Waals surface area contributed by atoms with Crippen LogP contribution in [-0.4, -0.2) is 65.4 Å². The average molecular weight is 545 g/mol. The van der Waals surface area contributed by atoms with Gasteiger partial charge < -0.3 is 4.42 Å². The van der Waals surface area contributed by atoms with Crippen molar-refractivity contribution in [2.45, 2.75) is 50.5 Å². The Balaban J connectivity index is 1.18. The van der Waals surface area contributed by atoms with E-state index in [1.165, 1.54) is 0 Å². The molecule has 1 aliphatic carbocycles. The van der Waals surface area contributed by atoms with Gasteiger partial charge in [-0.25, -0.2) is 0 Å². The van der Waals surface area contributed by atoms with E-state index in [2.05, 4.69) is 18.2 Å². The predicted molar refractivity (Wildman–Crippen MR) is 150 cm³/mol. The van der Waals surface area contributed by atoms with E-state index < -0.39 is 15.7 Å². The molecule has 3 aliphatic heterocycles. The topological polar surface area (TPSA) is 86.4 Å². The number of nitrogens with zero attached hydrogens (tertiary/aromatic N) is 4. The molecule has 9 heteroatoms. The average Bonchev–Trinajstić information content (AvgIpc) is 3.78. The highest BCUT2D eigenvalue weighted by Gasteiger charge is 2.50. The molecule has 2 aromatic carbocycles. The molecule has 0 radical (unpaired) electrons. The van der Waals surface area contributed by atoms with Gasteiger partial charge in [0.25, 0.3) is 16.1 Å². The summed E-state index contributed by atoms with van der Waals surface area (Å²) < 4.78 is 34.8. The van der Waals surface area contributed by atoms with E-state index in [1.54, 1.807) is 19.8 Å². The first-order valence-electron chi connectivity index (χ1n) is 13.9. The number of aliphatic imine (C=N–C) groups is 1. The maximum atomic E-state index is 13.8. The second-order valence-corrected chi connectivity index (χ2v) is 13.0. The van der Waals surface area contributed by atoms with Crippen molar-refractivity contribution in [2.75, 3.05) is 26.2 Å². The minimum atomic E-state index is -3.46. The van der Waals surface area contributed by atoms with E-state index in [-0.39, 0.29) is 5.91 Å². The highest BCUT2D eigenvalue weighted by atomic mass is 32.2. The van der Waals surface area contributed by atoms with Crippen LogP contribution in [0.25, 0.3) is 22.1 Å². The minimum absolute atomic E-state index is 0.0119. The summed E-state index contributed by atoms with van der Waals surface area (Å²) in [7, 11) is -3.46. The van der Waals surface area contributed by atoms with Crippen LogP contribution in [0.15, 0.2) is 76.0 Å². The molecule has 0 N–H and O–H groups in total. The first kappa shape index (κ1) is 24.7. The molecule has 1 amide bonds. The van der Waals surface area contributed by atoms with Gasteiger partial charge >= 0.3 is 0 Å². The van der Waals surface area contributed by atoms with Crippen molar-refractivity contribution in [3.8, 4) is 11.1 Å². The van der Waals surface area contributed by atoms with Crippen molar-refractivity contribution < 1.29 is 17.6 Å². The third-order valence-corrected chi connectivity index (χ3v) is 10.6. The summed E-state index contributed by atoms with van der Waals surface area (Å²) in [6.45, 7) is 1.94. The molecule has 39 heavy (non-hydrogen) atoms. The molecule has 0 atom stereocenters. The molecule has 4 aliphatic rings. The predicted octanol–water partition coefficient (Wildman–Crippen LogP) is 4.93. The quantitative estimate of drug-likeness (QED) is 0.456. The number of carbonyl (C=O) groups is 1. The number of hydrogen-bond donors (Lipinski definition) is 0. The molecule has 1 saturated carbocycles. The second-order valence-electron chi connectivity index (χ2n) is 11.1. The van der Waals surface area contributed by atoms with Gasteiger partial charge in [-0.1, -0.05) is 43.2 Å². The number of hydrogen-bond acceptors (Lipinski definition) is 5. The lowest BCUT2D eigenvalue weighted by Gasteiger charge is -2.23. The van der Waals surface area contributed by atoms with Crippen LogP contribution < -0.4 is 0 Å². The zero-order valence-corrected chi connectivity index (χ0v) is 22.7. The molecule has 1 spiro atoms. The smallest absolute Gasteiger partial charge is 0.282 e. The second kappa shape index (κ2) is 9.43. The molecule has 4 heterocycles. The van der Waals surface area contributed by atoms with Gasteiger partial charge in [-0.3, -0.25) is 14.7 Å². The Kier molecular flexibility index (Phi) is 5.98. The van der Waals surface area contributed by atoms with E-state index >= 15 is 0 Å². The van der Waals surface area contributed by atoms with E-state index in [1.807, 2.05) is 36.5 Å². The molecular formula is C30H32N4O4S. The highest BCUT2D eigenvalue weighted by molar-refractivity contribution is 7.86. The third kappa shape index (κ3) is 4.23. The maximum absolute atomic E-state index is 13.8. The van der Waals surface area contributed by atoms with E-state index in [9.17, 15) is 13.2 Å². The lowest BCUT2D eigenvalue weighted by molar-refractivity contribution is -0.129. The molecular weight excluding hydrogens is 512 g/mol. The van der Waals surface area contributed by atoms with Crippen molar-refractivity contribution in [3.63, 3.8) is 0 Å². The van der Waals surface area contributed by atoms with Crippen LogP contribution in [-0.2, 0) is 15.0 Å². The monoisotopic (exact) mass is 544 g/mol. The molecule has 8 nitrogen and oxygen atoms in total. The Labute approximate surface area is 228 Å². The lowest BCUT2D eigenvalue weighted by Crippen LogP contribution is -2.41. The van der Waals surface area contributed by atoms with Gasteiger partial charge in [0.2, 0.25) is 0 Å². The Morgan fingerprint density at radius 2 is 1.56 bits per heavy atom. The Hall–Kier alpha value is -3.27. The Morgan fingerprint density at radius 3 is 2.33 bits per heavy atom. The van der Waals surface area contributed by atoms with Crippen LogP contribution in [0, 0.1) is 0 Å². The molecule has 7 rings (SSSR count). The van der Waals surface area contributed by atoms with E-state index in [0.717, 1.165) is 71.8 Å². The van der Waals surface area contributed by atoms with Crippen molar-refractivity contribution in [1.29, 1.82) is 0 Å². The fourth-order valence-electron chi connectivity index (χ4n) is 6.41. The van der Waals surface area contributed by atoms with Crippen LogP contribution in [0.2, 0.25) is 0 Å². The number of amides is 1. The van der Waals surface area contributed by atoms with E-state index in [4.69, 9.17) is 9.41 Å². The van der Waals surface area contributed by atoms with Crippen LogP contribution >= 0.6 is 0 Å². The summed E-state index contributed by atoms with van der Waals surface area (Å²) in [6, 6.07) is 16.3. The van der Waals surface area contributed by atoms with Gasteiger partial charge in [-0.05, 0) is 67.0 Å². The van der Waals surface area contributed by atoms with Crippen molar-refractivity contribution in [2.24, 2.45) is 4.99 Å². The summed E-state index contributed by atoms with van der Waals surface area (Å²) >= 11 is 0. The van der Waals surface area contributed by atoms with Gasteiger partial charge in [-0.15, -0.1) is 0 Å². The van der Waals surface area contributed by atoms with Crippen LogP contribution in [0.5, 0.6) is 0 Å². The summed E-state index contributed by atoms with van der Waals surface area (Å²) in [5.41, 5.74) is 4.16. The molecule has 3 aromatic rings. The number of benzene rings is 2. The minimum Gasteiger partial charge on any atom is -0.464 e. The van der Waals surface area contributed by atoms with Crippen molar-refractivity contribution >= 4 is 32.9 Å². The summed E-state index contributed by atoms with van der Waals surface area (Å²) in [6.07, 6.45) is 9.50. The SMILES string of the molecule is O=C1N(/C=C2\CCN(S(=O)(=O)N3CCCC3)C2)C(c2ccc(-c3ccc4occc4c3)cc2)=NC12CCCC2. The summed E-state index contributed by atoms with van der Waals surface area (Å²) in [4.78, 5) is 20.6. The van der Waals surface area contributed by atoms with Crippen molar-refractivity contribution in [3.05, 3.63) is 72.1 Å². The van der Waals surface area contributed by atoms with Gasteiger partial charge in [0.05, 0.1) is 6.26 Å². The highest BCUT2D eigenvalue weighted by Crippen LogP contribution is 2.41. The first-order chi connectivity index (χ1) is 18.9. The first-order valence-corrected chi connectivity index (χ1v) is 15.3. The molecule has 0 bridgehead atoms. The summed E-state index contributed by atoms with van der Waals surface area (Å²) in [5.74, 6) is 0.671. The standard InChI is InChI=1S/C30H32N4O4S/c35-29-30(13-1-2-14-30)31-28(24-7-5-23(6-8-24)25-9-10-27-26(19-25)12-18-38-27)34(29)21-22-11-17-33(20-22)39(36,37)32-15-3-4-16-32/h5-10,12,18-19,21H,1-4,11,13-17,20H2/b22-21+. The molecule has 3 fully saturated rings. The number of carbonyl (C=O) groups excluding carboxylic acids is 1. The van der Waals surface area contributed by atoms with Gasteiger partial charge in [-0.2, -0.15) is 17.0 Å². The van der Waals surface area contributed by atoms with Gasteiger partial charge in [0.1, 0.15) is 17.0 Å². The molecule has 1 aromatic heterocycles. The number of furan rings is 1. The van der Waals surface area contributed by atoms with E-state index in [0.29, 0.717) is 38.4 Å². The lowest BCUT2D eigenvalue weighted by atomic mass is 9.98. The molecule has 0 unspecified atom stereocenters. The maximum Gasteiger partial charge on any atom is 0.282 e. The molecule has 202 valence electrons. The fourth-order valence-corrected chi connectivity index (χ4v) is 8.11. The summed E-state index contributed by atoms with van der Waals surface area (Å²) in [5, 5.41) is 1.06. The van der Waals surface area contributed by atoms with Gasteiger partial charge in [0.15, 0.2) is 0 Å². The largest absolute Gasteiger partial charge is 0.464 e.